The van der Waals surface area contributed by atoms with Crippen molar-refractivity contribution in [2.24, 2.45) is 12.8 Å². The van der Waals surface area contributed by atoms with E-state index in [4.69, 9.17) is 10.5 Å². The number of nitrogens with two attached hydrogens (primary N) is 1. The SMILES string of the molecule is CCc1cc(-c2nc(CN)n(C)n2)ccc1OC. The Hall–Kier alpha value is -1.88. The molecule has 0 amide bonds. The molecule has 5 nitrogen and oxygen atoms in total. The molecule has 2 N–H and O–H groups in total. The fraction of sp³-hybridized carbons (Fsp3) is 0.385. The van der Waals surface area contributed by atoms with Crippen molar-refractivity contribution < 1.29 is 4.74 Å². The molecular weight excluding hydrogens is 228 g/mol. The summed E-state index contributed by atoms with van der Waals surface area (Å²) >= 11 is 0. The molecule has 0 fully saturated rings. The summed E-state index contributed by atoms with van der Waals surface area (Å²) in [6, 6.07) is 5.98. The summed E-state index contributed by atoms with van der Waals surface area (Å²) in [5.41, 5.74) is 7.74. The minimum atomic E-state index is 0.389. The first-order valence-electron chi connectivity index (χ1n) is 5.96. The first-order valence-corrected chi connectivity index (χ1v) is 5.96. The van der Waals surface area contributed by atoms with Crippen molar-refractivity contribution in [2.75, 3.05) is 7.11 Å². The first kappa shape index (κ1) is 12.6. The van der Waals surface area contributed by atoms with Gasteiger partial charge in [-0.3, -0.25) is 4.68 Å². The number of aromatic nitrogens is 3. The Morgan fingerprint density at radius 1 is 1.39 bits per heavy atom. The maximum atomic E-state index is 5.60. The van der Waals surface area contributed by atoms with Gasteiger partial charge in [0.1, 0.15) is 11.6 Å². The first-order chi connectivity index (χ1) is 8.69. The molecule has 0 spiro atoms. The highest BCUT2D eigenvalue weighted by molar-refractivity contribution is 5.58. The Bertz CT molecular complexity index is 548. The Balaban J connectivity index is 2.44. The van der Waals surface area contributed by atoms with Gasteiger partial charge >= 0.3 is 0 Å². The molecule has 0 saturated heterocycles. The predicted molar refractivity (Wildman–Crippen MR) is 70.3 cm³/mol. The number of aryl methyl sites for hydroxylation is 2. The van der Waals surface area contributed by atoms with Gasteiger partial charge in [-0.05, 0) is 30.2 Å². The molecule has 0 aliphatic heterocycles. The second-order valence-electron chi connectivity index (χ2n) is 4.06. The monoisotopic (exact) mass is 246 g/mol. The van der Waals surface area contributed by atoms with Crippen molar-refractivity contribution in [2.45, 2.75) is 19.9 Å². The topological polar surface area (TPSA) is 66.0 Å². The highest BCUT2D eigenvalue weighted by Gasteiger charge is 2.10. The van der Waals surface area contributed by atoms with Crippen molar-refractivity contribution in [3.8, 4) is 17.1 Å². The summed E-state index contributed by atoms with van der Waals surface area (Å²) < 4.78 is 7.02. The molecule has 0 bridgehead atoms. The van der Waals surface area contributed by atoms with Crippen LogP contribution in [0.1, 0.15) is 18.3 Å². The zero-order chi connectivity index (χ0) is 13.1. The number of rotatable bonds is 4. The van der Waals surface area contributed by atoms with Crippen LogP contribution >= 0.6 is 0 Å². The van der Waals surface area contributed by atoms with E-state index in [9.17, 15) is 0 Å². The van der Waals surface area contributed by atoms with Gasteiger partial charge in [0.2, 0.25) is 0 Å². The lowest BCUT2D eigenvalue weighted by Crippen LogP contribution is -2.05. The van der Waals surface area contributed by atoms with Gasteiger partial charge in [0.15, 0.2) is 5.82 Å². The highest BCUT2D eigenvalue weighted by atomic mass is 16.5. The van der Waals surface area contributed by atoms with Gasteiger partial charge in [-0.25, -0.2) is 4.98 Å². The van der Waals surface area contributed by atoms with Crippen LogP contribution in [-0.4, -0.2) is 21.9 Å². The van der Waals surface area contributed by atoms with Crippen LogP contribution in [0.15, 0.2) is 18.2 Å². The van der Waals surface area contributed by atoms with Gasteiger partial charge in [0.25, 0.3) is 0 Å². The number of benzene rings is 1. The van der Waals surface area contributed by atoms with Crippen molar-refractivity contribution in [3.63, 3.8) is 0 Å². The molecule has 0 aliphatic carbocycles. The quantitative estimate of drug-likeness (QED) is 0.888. The maximum absolute atomic E-state index is 5.60. The summed E-state index contributed by atoms with van der Waals surface area (Å²) in [6.45, 7) is 2.49. The van der Waals surface area contributed by atoms with Crippen molar-refractivity contribution in [1.29, 1.82) is 0 Å². The van der Waals surface area contributed by atoms with E-state index in [1.807, 2.05) is 19.2 Å². The standard InChI is InChI=1S/C13H18N4O/c1-4-9-7-10(5-6-11(9)18-3)13-15-12(8-14)17(2)16-13/h5-7H,4,8,14H2,1-3H3. The van der Waals surface area contributed by atoms with Crippen LogP contribution in [0.2, 0.25) is 0 Å². The molecule has 1 heterocycles. The summed E-state index contributed by atoms with van der Waals surface area (Å²) in [4.78, 5) is 4.42. The van der Waals surface area contributed by atoms with Gasteiger partial charge in [0.05, 0.1) is 13.7 Å². The molecule has 1 aromatic carbocycles. The largest absolute Gasteiger partial charge is 0.496 e. The average Bonchev–Trinajstić information content (AvgIpc) is 2.79. The minimum Gasteiger partial charge on any atom is -0.496 e. The van der Waals surface area contributed by atoms with E-state index < -0.39 is 0 Å². The lowest BCUT2D eigenvalue weighted by molar-refractivity contribution is 0.410. The summed E-state index contributed by atoms with van der Waals surface area (Å²) in [5, 5.41) is 4.37. The molecule has 5 heteroatoms. The minimum absolute atomic E-state index is 0.389. The number of hydrogen-bond donors (Lipinski definition) is 1. The third kappa shape index (κ3) is 2.22. The van der Waals surface area contributed by atoms with Gasteiger partial charge in [-0.2, -0.15) is 5.10 Å². The van der Waals surface area contributed by atoms with Crippen LogP contribution in [0.25, 0.3) is 11.4 Å². The molecule has 0 aliphatic rings. The van der Waals surface area contributed by atoms with E-state index in [0.717, 1.165) is 29.1 Å². The summed E-state index contributed by atoms with van der Waals surface area (Å²) in [5.74, 6) is 2.38. The van der Waals surface area contributed by atoms with E-state index in [-0.39, 0.29) is 0 Å². The molecule has 0 radical (unpaired) electrons. The van der Waals surface area contributed by atoms with Crippen molar-refractivity contribution >= 4 is 0 Å². The van der Waals surface area contributed by atoms with Crippen molar-refractivity contribution in [3.05, 3.63) is 29.6 Å². The summed E-state index contributed by atoms with van der Waals surface area (Å²) in [7, 11) is 3.53. The Labute approximate surface area is 107 Å². The van der Waals surface area contributed by atoms with E-state index in [0.29, 0.717) is 12.4 Å². The molecule has 0 unspecified atom stereocenters. The number of hydrogen-bond acceptors (Lipinski definition) is 4. The van der Waals surface area contributed by atoms with E-state index in [2.05, 4.69) is 23.1 Å². The van der Waals surface area contributed by atoms with Gasteiger partial charge in [-0.15, -0.1) is 0 Å². The maximum Gasteiger partial charge on any atom is 0.181 e. The fourth-order valence-corrected chi connectivity index (χ4v) is 1.91. The zero-order valence-corrected chi connectivity index (χ0v) is 11.0. The van der Waals surface area contributed by atoms with Crippen LogP contribution in [0.3, 0.4) is 0 Å². The molecule has 96 valence electrons. The van der Waals surface area contributed by atoms with Gasteiger partial charge < -0.3 is 10.5 Å². The van der Waals surface area contributed by atoms with Crippen LogP contribution in [0.4, 0.5) is 0 Å². The third-order valence-corrected chi connectivity index (χ3v) is 2.96. The molecular formula is C13H18N4O. The normalized spacial score (nSPS) is 10.7. The second-order valence-corrected chi connectivity index (χ2v) is 4.06. The molecule has 2 rings (SSSR count). The van der Waals surface area contributed by atoms with Crippen LogP contribution in [0, 0.1) is 0 Å². The molecule has 1 aromatic heterocycles. The fourth-order valence-electron chi connectivity index (χ4n) is 1.91. The van der Waals surface area contributed by atoms with E-state index >= 15 is 0 Å². The van der Waals surface area contributed by atoms with Crippen LogP contribution < -0.4 is 10.5 Å². The van der Waals surface area contributed by atoms with E-state index in [1.165, 1.54) is 0 Å². The van der Waals surface area contributed by atoms with Crippen molar-refractivity contribution in [1.82, 2.24) is 14.8 Å². The van der Waals surface area contributed by atoms with Gasteiger partial charge in [0, 0.05) is 12.6 Å². The number of ether oxygens (including phenoxy) is 1. The Morgan fingerprint density at radius 2 is 2.17 bits per heavy atom. The third-order valence-electron chi connectivity index (χ3n) is 2.96. The Kier molecular flexibility index (Phi) is 3.62. The second kappa shape index (κ2) is 5.18. The molecule has 0 atom stereocenters. The lowest BCUT2D eigenvalue weighted by atomic mass is 10.1. The van der Waals surface area contributed by atoms with E-state index in [1.54, 1.807) is 11.8 Å². The zero-order valence-electron chi connectivity index (χ0n) is 11.0. The Morgan fingerprint density at radius 3 is 2.72 bits per heavy atom. The van der Waals surface area contributed by atoms with Crippen LogP contribution in [0.5, 0.6) is 5.75 Å². The predicted octanol–water partition coefficient (Wildman–Crippen LogP) is 1.51. The van der Waals surface area contributed by atoms with Gasteiger partial charge in [-0.1, -0.05) is 6.92 Å². The number of nitrogens with zero attached hydrogens (tertiary/aromatic N) is 3. The average molecular weight is 246 g/mol. The number of methoxy groups -OCH3 is 1. The smallest absolute Gasteiger partial charge is 0.181 e. The molecule has 0 saturated carbocycles. The molecule has 2 aromatic rings. The molecule has 18 heavy (non-hydrogen) atoms. The summed E-state index contributed by atoms with van der Waals surface area (Å²) in [6.07, 6.45) is 0.910. The van der Waals surface area contributed by atoms with Crippen LogP contribution in [-0.2, 0) is 20.0 Å². The lowest BCUT2D eigenvalue weighted by Gasteiger charge is -2.07. The highest BCUT2D eigenvalue weighted by Crippen LogP contribution is 2.25.